The van der Waals surface area contributed by atoms with Gasteiger partial charge in [-0.1, -0.05) is 18.5 Å². The van der Waals surface area contributed by atoms with E-state index in [4.69, 9.17) is 7.85 Å². The second kappa shape index (κ2) is 5.89. The molecule has 2 amide bonds. The number of anilines is 1. The lowest BCUT2D eigenvalue weighted by Gasteiger charge is -2.07. The monoisotopic (exact) mass is 291 g/mol. The van der Waals surface area contributed by atoms with Crippen LogP contribution in [0.5, 0.6) is 0 Å². The molecule has 0 fully saturated rings. The molecule has 2 N–H and O–H groups in total. The first-order chi connectivity index (χ1) is 10.7. The molecule has 108 valence electrons. The van der Waals surface area contributed by atoms with Crippen LogP contribution in [-0.4, -0.2) is 35.5 Å². The molecule has 22 heavy (non-hydrogen) atoms. The van der Waals surface area contributed by atoms with Crippen LogP contribution in [0.2, 0.25) is 0 Å². The minimum atomic E-state index is -0.263. The summed E-state index contributed by atoms with van der Waals surface area (Å²) in [5.74, 6) is 0. The number of nitrogens with one attached hydrogen (secondary N) is 2. The molecule has 7 heteroatoms. The number of benzene rings is 1. The fourth-order valence-corrected chi connectivity index (χ4v) is 2.17. The number of urea groups is 1. The molecule has 1 aromatic carbocycles. The van der Waals surface area contributed by atoms with Crippen molar-refractivity contribution in [1.82, 2.24) is 19.9 Å². The van der Waals surface area contributed by atoms with E-state index in [-0.39, 0.29) is 6.03 Å². The summed E-state index contributed by atoms with van der Waals surface area (Å²) in [5.41, 5.74) is 4.13. The third-order valence-corrected chi connectivity index (χ3v) is 3.30. The lowest BCUT2D eigenvalue weighted by Crippen LogP contribution is -2.24. The number of fused-ring (bicyclic) bond motifs is 1. The van der Waals surface area contributed by atoms with Gasteiger partial charge in [-0.2, -0.15) is 5.10 Å². The van der Waals surface area contributed by atoms with Crippen molar-refractivity contribution in [3.05, 3.63) is 48.3 Å². The Morgan fingerprint density at radius 2 is 2.18 bits per heavy atom. The number of hydrogen-bond acceptors (Lipinski definition) is 3. The molecule has 0 aliphatic heterocycles. The van der Waals surface area contributed by atoms with E-state index in [1.807, 2.05) is 30.3 Å². The topological polar surface area (TPSA) is 71.3 Å². The minimum Gasteiger partial charge on any atom is -0.341 e. The fraction of sp³-hybridized carbons (Fsp3) is 0.133. The van der Waals surface area contributed by atoms with Crippen LogP contribution in [0.4, 0.5) is 10.5 Å². The fourth-order valence-electron chi connectivity index (χ4n) is 2.17. The van der Waals surface area contributed by atoms with Gasteiger partial charge in [-0.05, 0) is 23.8 Å². The van der Waals surface area contributed by atoms with E-state index in [2.05, 4.69) is 20.7 Å². The molecule has 2 heterocycles. The van der Waals surface area contributed by atoms with Gasteiger partial charge < -0.3 is 10.6 Å². The molecule has 2 aromatic heterocycles. The summed E-state index contributed by atoms with van der Waals surface area (Å²) in [5, 5.41) is 9.63. The predicted molar refractivity (Wildman–Crippen MR) is 86.0 cm³/mol. The normalized spacial score (nSPS) is 10.6. The van der Waals surface area contributed by atoms with Crippen LogP contribution < -0.4 is 10.6 Å². The molecule has 2 radical (unpaired) electrons. The van der Waals surface area contributed by atoms with Crippen LogP contribution in [0.3, 0.4) is 0 Å². The van der Waals surface area contributed by atoms with Crippen LogP contribution in [0.1, 0.15) is 5.56 Å². The van der Waals surface area contributed by atoms with E-state index in [1.54, 1.807) is 24.0 Å². The van der Waals surface area contributed by atoms with Gasteiger partial charge in [0.05, 0.1) is 25.9 Å². The van der Waals surface area contributed by atoms with Gasteiger partial charge in [0.2, 0.25) is 0 Å². The summed E-state index contributed by atoms with van der Waals surface area (Å²) in [7, 11) is 7.19. The smallest absolute Gasteiger partial charge is 0.318 e. The zero-order valence-electron chi connectivity index (χ0n) is 12.1. The Hall–Kier alpha value is -2.83. The second-order valence-electron chi connectivity index (χ2n) is 4.77. The predicted octanol–water partition coefficient (Wildman–Crippen LogP) is 1.82. The maximum atomic E-state index is 11.4. The molecule has 3 rings (SSSR count). The van der Waals surface area contributed by atoms with Crippen LogP contribution in [0.25, 0.3) is 16.9 Å². The molecular formula is C15H14BN5O. The van der Waals surface area contributed by atoms with Crippen molar-refractivity contribution >= 4 is 25.2 Å². The van der Waals surface area contributed by atoms with Crippen molar-refractivity contribution in [3.8, 4) is 11.3 Å². The van der Waals surface area contributed by atoms with Crippen LogP contribution in [0, 0.1) is 0 Å². The van der Waals surface area contributed by atoms with E-state index in [0.717, 1.165) is 22.5 Å². The Balaban J connectivity index is 2.00. The van der Waals surface area contributed by atoms with Crippen molar-refractivity contribution < 1.29 is 4.79 Å². The standard InChI is InChI=1S/C15H14BN5O/c1-17-15(22)20-12-4-2-3-11(6-12)13-9-18-14-5-10(7-16)8-19-21(13)14/h2-6,8-9H,7H2,1H3,(H2,17,20,22). The molecule has 0 unspecified atom stereocenters. The quantitative estimate of drug-likeness (QED) is 0.723. The Labute approximate surface area is 129 Å². The van der Waals surface area contributed by atoms with E-state index < -0.39 is 0 Å². The Kier molecular flexibility index (Phi) is 3.78. The van der Waals surface area contributed by atoms with Crippen molar-refractivity contribution in [2.75, 3.05) is 12.4 Å². The summed E-state index contributed by atoms with van der Waals surface area (Å²) < 4.78 is 1.75. The van der Waals surface area contributed by atoms with Gasteiger partial charge in [0.25, 0.3) is 0 Å². The van der Waals surface area contributed by atoms with E-state index in [1.165, 1.54) is 0 Å². The summed E-state index contributed by atoms with van der Waals surface area (Å²) in [4.78, 5) is 15.8. The molecular weight excluding hydrogens is 277 g/mol. The molecule has 3 aromatic rings. The average Bonchev–Trinajstić information content (AvgIpc) is 2.97. The highest BCUT2D eigenvalue weighted by Gasteiger charge is 2.08. The van der Waals surface area contributed by atoms with Crippen molar-refractivity contribution in [2.45, 2.75) is 6.32 Å². The molecule has 6 nitrogen and oxygen atoms in total. The first-order valence-electron chi connectivity index (χ1n) is 6.83. The highest BCUT2D eigenvalue weighted by Crippen LogP contribution is 2.23. The van der Waals surface area contributed by atoms with Gasteiger partial charge in [0, 0.05) is 18.3 Å². The number of amides is 2. The summed E-state index contributed by atoms with van der Waals surface area (Å²) in [6, 6.07) is 9.15. The van der Waals surface area contributed by atoms with Gasteiger partial charge in [-0.3, -0.25) is 0 Å². The van der Waals surface area contributed by atoms with Crippen molar-refractivity contribution in [3.63, 3.8) is 0 Å². The van der Waals surface area contributed by atoms with E-state index in [0.29, 0.717) is 12.0 Å². The van der Waals surface area contributed by atoms with Crippen LogP contribution >= 0.6 is 0 Å². The summed E-state index contributed by atoms with van der Waals surface area (Å²) in [6.07, 6.45) is 3.91. The van der Waals surface area contributed by atoms with Gasteiger partial charge in [0.15, 0.2) is 5.65 Å². The lowest BCUT2D eigenvalue weighted by molar-refractivity contribution is 0.254. The molecule has 0 atom stereocenters. The number of aromatic nitrogens is 3. The second-order valence-corrected chi connectivity index (χ2v) is 4.77. The molecule has 0 aliphatic carbocycles. The number of nitrogens with zero attached hydrogens (tertiary/aromatic N) is 3. The van der Waals surface area contributed by atoms with Crippen molar-refractivity contribution in [1.29, 1.82) is 0 Å². The lowest BCUT2D eigenvalue weighted by atomic mass is 9.99. The zero-order valence-corrected chi connectivity index (χ0v) is 12.1. The van der Waals surface area contributed by atoms with Crippen LogP contribution in [-0.2, 0) is 6.32 Å². The number of imidazole rings is 1. The molecule has 0 spiro atoms. The first-order valence-corrected chi connectivity index (χ1v) is 6.83. The number of carbonyl (C=O) groups excluding carboxylic acids is 1. The maximum Gasteiger partial charge on any atom is 0.318 e. The minimum absolute atomic E-state index is 0.263. The highest BCUT2D eigenvalue weighted by molar-refractivity contribution is 6.08. The Bertz CT molecular complexity index is 830. The van der Waals surface area contributed by atoms with Gasteiger partial charge in [-0.15, -0.1) is 0 Å². The summed E-state index contributed by atoms with van der Waals surface area (Å²) >= 11 is 0. The van der Waals surface area contributed by atoms with Gasteiger partial charge in [-0.25, -0.2) is 14.3 Å². The number of hydrogen-bond donors (Lipinski definition) is 2. The zero-order chi connectivity index (χ0) is 15.5. The molecule has 0 aliphatic rings. The van der Waals surface area contributed by atoms with E-state index >= 15 is 0 Å². The van der Waals surface area contributed by atoms with Crippen LogP contribution in [0.15, 0.2) is 42.7 Å². The summed E-state index contributed by atoms with van der Waals surface area (Å²) in [6.45, 7) is 0. The van der Waals surface area contributed by atoms with Gasteiger partial charge >= 0.3 is 6.03 Å². The molecule has 0 saturated carbocycles. The third kappa shape index (κ3) is 2.65. The SMILES string of the molecule is [B]Cc1cnn2c(-c3cccc(NC(=O)NC)c3)cnc2c1. The third-order valence-electron chi connectivity index (χ3n) is 3.30. The average molecular weight is 291 g/mol. The first kappa shape index (κ1) is 14.1. The van der Waals surface area contributed by atoms with Gasteiger partial charge in [0.1, 0.15) is 0 Å². The molecule has 0 bridgehead atoms. The molecule has 0 saturated heterocycles. The largest absolute Gasteiger partial charge is 0.341 e. The highest BCUT2D eigenvalue weighted by atomic mass is 16.2. The maximum absolute atomic E-state index is 11.4. The number of rotatable bonds is 3. The number of carbonyl (C=O) groups is 1. The Morgan fingerprint density at radius 3 is 2.95 bits per heavy atom. The van der Waals surface area contributed by atoms with Crippen molar-refractivity contribution in [2.24, 2.45) is 0 Å². The Morgan fingerprint density at radius 1 is 1.32 bits per heavy atom. The van der Waals surface area contributed by atoms with E-state index in [9.17, 15) is 4.79 Å².